The lowest BCUT2D eigenvalue weighted by atomic mass is 9.79. The molecule has 0 aromatic rings. The molecule has 1 amide bonds. The van der Waals surface area contributed by atoms with Gasteiger partial charge in [-0.25, -0.2) is 0 Å². The number of amides is 1. The Kier molecular flexibility index (Phi) is 2.69. The van der Waals surface area contributed by atoms with Gasteiger partial charge in [-0.15, -0.1) is 0 Å². The van der Waals surface area contributed by atoms with Gasteiger partial charge < -0.3 is 4.90 Å². The van der Waals surface area contributed by atoms with Crippen molar-refractivity contribution in [3.63, 3.8) is 0 Å². The van der Waals surface area contributed by atoms with Crippen LogP contribution in [0.4, 0.5) is 0 Å². The van der Waals surface area contributed by atoms with Crippen molar-refractivity contribution in [1.82, 2.24) is 4.90 Å². The molecule has 1 aliphatic heterocycles. The largest absolute Gasteiger partial charge is 0.340 e. The van der Waals surface area contributed by atoms with Crippen LogP contribution in [-0.4, -0.2) is 23.4 Å². The Balaban J connectivity index is 2.65. The van der Waals surface area contributed by atoms with Crippen LogP contribution in [0.3, 0.4) is 0 Å². The van der Waals surface area contributed by atoms with Crippen molar-refractivity contribution in [3.8, 4) is 0 Å². The molecule has 1 heterocycles. The van der Waals surface area contributed by atoms with Crippen molar-refractivity contribution < 1.29 is 4.79 Å². The summed E-state index contributed by atoms with van der Waals surface area (Å²) < 4.78 is 0. The molecule has 13 heavy (non-hydrogen) atoms. The van der Waals surface area contributed by atoms with E-state index in [0.29, 0.717) is 17.4 Å². The molecule has 0 aromatic carbocycles. The molecule has 1 rings (SSSR count). The Hall–Kier alpha value is -0.530. The maximum Gasteiger partial charge on any atom is 0.219 e. The van der Waals surface area contributed by atoms with E-state index in [4.69, 9.17) is 0 Å². The molecule has 0 bridgehead atoms. The Morgan fingerprint density at radius 1 is 1.38 bits per heavy atom. The summed E-state index contributed by atoms with van der Waals surface area (Å²) in [7, 11) is 0. The monoisotopic (exact) mass is 183 g/mol. The van der Waals surface area contributed by atoms with Crippen molar-refractivity contribution in [3.05, 3.63) is 0 Å². The SMILES string of the molecule is CC(=O)N1CC(C(C)(C)C)CC1C. The van der Waals surface area contributed by atoms with Gasteiger partial charge in [0.05, 0.1) is 0 Å². The van der Waals surface area contributed by atoms with Crippen molar-refractivity contribution in [1.29, 1.82) is 0 Å². The molecule has 1 fully saturated rings. The van der Waals surface area contributed by atoms with Gasteiger partial charge in [0.15, 0.2) is 0 Å². The van der Waals surface area contributed by atoms with Gasteiger partial charge in [-0.1, -0.05) is 20.8 Å². The molecule has 0 radical (unpaired) electrons. The van der Waals surface area contributed by atoms with Gasteiger partial charge in [0.1, 0.15) is 0 Å². The zero-order chi connectivity index (χ0) is 10.2. The normalized spacial score (nSPS) is 29.5. The van der Waals surface area contributed by atoms with Crippen LogP contribution in [0.1, 0.15) is 41.0 Å². The highest BCUT2D eigenvalue weighted by atomic mass is 16.2. The Labute approximate surface area is 81.3 Å². The fourth-order valence-corrected chi connectivity index (χ4v) is 2.10. The number of carbonyl (C=O) groups is 1. The standard InChI is InChI=1S/C11H21NO/c1-8-6-10(11(3,4)5)7-12(8)9(2)13/h8,10H,6-7H2,1-5H3. The lowest BCUT2D eigenvalue weighted by Crippen LogP contribution is -2.32. The fourth-order valence-electron chi connectivity index (χ4n) is 2.10. The Bertz CT molecular complexity index is 205. The third kappa shape index (κ3) is 2.23. The fraction of sp³-hybridized carbons (Fsp3) is 0.909. The van der Waals surface area contributed by atoms with E-state index in [9.17, 15) is 4.79 Å². The summed E-state index contributed by atoms with van der Waals surface area (Å²) in [5.74, 6) is 0.880. The highest BCUT2D eigenvalue weighted by Crippen LogP contribution is 2.36. The first kappa shape index (κ1) is 10.6. The number of hydrogen-bond acceptors (Lipinski definition) is 1. The topological polar surface area (TPSA) is 20.3 Å². The van der Waals surface area contributed by atoms with Crippen molar-refractivity contribution in [2.75, 3.05) is 6.54 Å². The summed E-state index contributed by atoms with van der Waals surface area (Å²) in [5, 5.41) is 0. The lowest BCUT2D eigenvalue weighted by molar-refractivity contribution is -0.129. The number of carbonyl (C=O) groups excluding carboxylic acids is 1. The molecule has 1 saturated heterocycles. The maximum absolute atomic E-state index is 11.3. The van der Waals surface area contributed by atoms with Crippen LogP contribution in [0.15, 0.2) is 0 Å². The third-order valence-electron chi connectivity index (χ3n) is 3.20. The first-order valence-electron chi connectivity index (χ1n) is 5.09. The van der Waals surface area contributed by atoms with Crippen LogP contribution >= 0.6 is 0 Å². The Morgan fingerprint density at radius 3 is 2.15 bits per heavy atom. The molecule has 0 N–H and O–H groups in total. The summed E-state index contributed by atoms with van der Waals surface area (Å²) in [4.78, 5) is 13.3. The quantitative estimate of drug-likeness (QED) is 0.564. The van der Waals surface area contributed by atoms with Crippen molar-refractivity contribution >= 4 is 5.91 Å². The number of nitrogens with zero attached hydrogens (tertiary/aromatic N) is 1. The van der Waals surface area contributed by atoms with E-state index in [-0.39, 0.29) is 5.91 Å². The molecule has 76 valence electrons. The summed E-state index contributed by atoms with van der Waals surface area (Å²) in [5.41, 5.74) is 0.332. The molecule has 0 saturated carbocycles. The van der Waals surface area contributed by atoms with E-state index in [1.54, 1.807) is 6.92 Å². The van der Waals surface area contributed by atoms with Crippen LogP contribution in [0.2, 0.25) is 0 Å². The van der Waals surface area contributed by atoms with Gasteiger partial charge in [-0.05, 0) is 24.7 Å². The maximum atomic E-state index is 11.3. The summed E-state index contributed by atoms with van der Waals surface area (Å²) in [6.45, 7) is 11.5. The van der Waals surface area contributed by atoms with Gasteiger partial charge in [0.2, 0.25) is 5.91 Å². The van der Waals surface area contributed by atoms with Gasteiger partial charge in [0, 0.05) is 19.5 Å². The first-order valence-corrected chi connectivity index (χ1v) is 5.09. The van der Waals surface area contributed by atoms with Gasteiger partial charge in [-0.3, -0.25) is 4.79 Å². The van der Waals surface area contributed by atoms with Crippen LogP contribution in [0, 0.1) is 11.3 Å². The number of hydrogen-bond donors (Lipinski definition) is 0. The predicted molar refractivity (Wildman–Crippen MR) is 54.4 cm³/mol. The van der Waals surface area contributed by atoms with Crippen LogP contribution in [0.25, 0.3) is 0 Å². The highest BCUT2D eigenvalue weighted by Gasteiger charge is 2.36. The van der Waals surface area contributed by atoms with E-state index in [0.717, 1.165) is 13.0 Å². The molecule has 0 aromatic heterocycles. The average molecular weight is 183 g/mol. The van der Waals surface area contributed by atoms with Crippen molar-refractivity contribution in [2.45, 2.75) is 47.1 Å². The number of rotatable bonds is 0. The van der Waals surface area contributed by atoms with Crippen LogP contribution in [-0.2, 0) is 4.79 Å². The minimum atomic E-state index is 0.222. The van der Waals surface area contributed by atoms with Crippen molar-refractivity contribution in [2.24, 2.45) is 11.3 Å². The molecule has 2 unspecified atom stereocenters. The zero-order valence-corrected chi connectivity index (χ0v) is 9.42. The average Bonchev–Trinajstić information content (AvgIpc) is 2.29. The summed E-state index contributed by atoms with van der Waals surface area (Å²) in [6, 6.07) is 0.432. The van der Waals surface area contributed by atoms with Gasteiger partial charge >= 0.3 is 0 Å². The highest BCUT2D eigenvalue weighted by molar-refractivity contribution is 5.73. The second-order valence-corrected chi connectivity index (χ2v) is 5.32. The molecule has 0 aliphatic carbocycles. The second kappa shape index (κ2) is 3.32. The molecular formula is C11H21NO. The van der Waals surface area contributed by atoms with E-state index in [2.05, 4.69) is 27.7 Å². The smallest absolute Gasteiger partial charge is 0.219 e. The van der Waals surface area contributed by atoms with E-state index >= 15 is 0 Å². The lowest BCUT2D eigenvalue weighted by Gasteiger charge is -2.26. The third-order valence-corrected chi connectivity index (χ3v) is 3.20. The number of likely N-dealkylation sites (tertiary alicyclic amines) is 1. The molecular weight excluding hydrogens is 162 g/mol. The van der Waals surface area contributed by atoms with Crippen LogP contribution in [0.5, 0.6) is 0 Å². The zero-order valence-electron chi connectivity index (χ0n) is 9.42. The molecule has 2 atom stereocenters. The van der Waals surface area contributed by atoms with Crippen LogP contribution < -0.4 is 0 Å². The minimum absolute atomic E-state index is 0.222. The minimum Gasteiger partial charge on any atom is -0.340 e. The summed E-state index contributed by atoms with van der Waals surface area (Å²) >= 11 is 0. The molecule has 0 spiro atoms. The van der Waals surface area contributed by atoms with Gasteiger partial charge in [-0.2, -0.15) is 0 Å². The van der Waals surface area contributed by atoms with E-state index in [1.807, 2.05) is 4.90 Å². The molecule has 2 nitrogen and oxygen atoms in total. The Morgan fingerprint density at radius 2 is 1.92 bits per heavy atom. The predicted octanol–water partition coefficient (Wildman–Crippen LogP) is 2.29. The molecule has 1 aliphatic rings. The molecule has 2 heteroatoms. The van der Waals surface area contributed by atoms with E-state index < -0.39 is 0 Å². The first-order chi connectivity index (χ1) is 5.82. The summed E-state index contributed by atoms with van der Waals surface area (Å²) in [6.07, 6.45) is 1.16. The second-order valence-electron chi connectivity index (χ2n) is 5.32. The van der Waals surface area contributed by atoms with Gasteiger partial charge in [0.25, 0.3) is 0 Å². The van der Waals surface area contributed by atoms with E-state index in [1.165, 1.54) is 0 Å².